The smallest absolute Gasteiger partial charge is 0.313 e. The molecule has 0 aromatic carbocycles. The first-order chi connectivity index (χ1) is 2.00. The maximum absolute atomic E-state index is 9.09. The number of halogens is 2. The summed E-state index contributed by atoms with van der Waals surface area (Å²) >= 11 is 4.20. The predicted octanol–water partition coefficient (Wildman–Crippen LogP) is 0.740. The minimum Gasteiger partial charge on any atom is -0.313 e. The van der Waals surface area contributed by atoms with E-state index in [0.29, 0.717) is 0 Å². The van der Waals surface area contributed by atoms with Crippen LogP contribution < -0.4 is 0 Å². The molecule has 0 heterocycles. The zero-order valence-corrected chi connectivity index (χ0v) is 5.00. The van der Waals surface area contributed by atoms with Gasteiger partial charge in [-0.3, -0.25) is 0 Å². The fourth-order valence-corrected chi connectivity index (χ4v) is 0. The Morgan fingerprint density at radius 2 is 1.50 bits per heavy atom. The van der Waals surface area contributed by atoms with Crippen LogP contribution in [0.25, 0.3) is 0 Å². The summed E-state index contributed by atoms with van der Waals surface area (Å²) in [6.07, 6.45) is 0. The Bertz CT molecular complexity index is 54.9. The van der Waals surface area contributed by atoms with Gasteiger partial charge in [-0.1, -0.05) is 0 Å². The third-order valence-electron chi connectivity index (χ3n) is 0. The van der Waals surface area contributed by atoms with E-state index in [1.54, 1.807) is 0 Å². The molecule has 0 saturated carbocycles. The van der Waals surface area contributed by atoms with E-state index in [2.05, 4.69) is 11.2 Å². The first kappa shape index (κ1) is 9.88. The second kappa shape index (κ2) is 2.83. The average molecular weight is 153 g/mol. The van der Waals surface area contributed by atoms with Crippen molar-refractivity contribution in [3.63, 3.8) is 0 Å². The van der Waals surface area contributed by atoms with Crippen molar-refractivity contribution in [3.05, 3.63) is 0 Å². The fourth-order valence-electron chi connectivity index (χ4n) is 0. The van der Waals surface area contributed by atoms with E-state index in [9.17, 15) is 0 Å². The number of hydrogen-bond acceptors (Lipinski definition) is 1. The van der Waals surface area contributed by atoms with Crippen LogP contribution in [0.4, 0.5) is 0 Å². The van der Waals surface area contributed by atoms with E-state index in [1.165, 1.54) is 0 Å². The molecule has 3 nitrogen and oxygen atoms in total. The van der Waals surface area contributed by atoms with Crippen LogP contribution >= 0.6 is 30.6 Å². The summed E-state index contributed by atoms with van der Waals surface area (Å²) < 4.78 is 9.09. The van der Waals surface area contributed by atoms with E-state index in [0.717, 1.165) is 0 Å². The first-order valence-corrected chi connectivity index (χ1v) is 3.27. The van der Waals surface area contributed by atoms with Gasteiger partial charge in [0.25, 0.3) is 0 Å². The predicted molar refractivity (Wildman–Crippen MR) is 25.1 cm³/mol. The highest BCUT2D eigenvalue weighted by Gasteiger charge is 2.01. The third kappa shape index (κ3) is 123. The lowest BCUT2D eigenvalue weighted by atomic mass is 15.8. The molecule has 0 aliphatic carbocycles. The Morgan fingerprint density at radius 1 is 1.50 bits per heavy atom. The topological polar surface area (TPSA) is 57.5 Å². The molecule has 0 aromatic heterocycles. The second-order valence-electron chi connectivity index (χ2n) is 0.473. The molecule has 0 saturated heterocycles. The van der Waals surface area contributed by atoms with Crippen LogP contribution in [0.15, 0.2) is 0 Å². The lowest BCUT2D eigenvalue weighted by molar-refractivity contribution is 0.395. The van der Waals surface area contributed by atoms with Crippen LogP contribution in [0.3, 0.4) is 0 Å². The molecule has 0 spiro atoms. The number of hydrogen-bond donors (Lipinski definition) is 2. The van der Waals surface area contributed by atoms with Crippen molar-refractivity contribution in [2.75, 3.05) is 0 Å². The summed E-state index contributed by atoms with van der Waals surface area (Å²) in [5.41, 5.74) is 0. The molecule has 0 bridgehead atoms. The SMILES string of the molecule is Cl.O=P(O)(O)Cl. The molecule has 0 aliphatic rings. The molecule has 0 fully saturated rings. The van der Waals surface area contributed by atoms with Gasteiger partial charge in [-0.2, -0.15) is 0 Å². The minimum absolute atomic E-state index is 0. The van der Waals surface area contributed by atoms with E-state index in [-0.39, 0.29) is 12.4 Å². The molecule has 40 valence electrons. The largest absolute Gasteiger partial charge is 0.419 e. The van der Waals surface area contributed by atoms with Gasteiger partial charge in [0.05, 0.1) is 0 Å². The fraction of sp³-hybridized carbons (Fsp3) is 0. The molecule has 2 N–H and O–H groups in total. The van der Waals surface area contributed by atoms with Gasteiger partial charge in [0.2, 0.25) is 0 Å². The molecule has 6 heavy (non-hydrogen) atoms. The first-order valence-electron chi connectivity index (χ1n) is 0.752. The Hall–Kier alpha value is 0.730. The van der Waals surface area contributed by atoms with Crippen LogP contribution in [-0.2, 0) is 4.57 Å². The normalized spacial score (nSPS) is 9.83. The lowest BCUT2D eigenvalue weighted by Gasteiger charge is -1.80. The Kier molecular flexibility index (Phi) is 4.66. The highest BCUT2D eigenvalue weighted by molar-refractivity contribution is 7.79. The monoisotopic (exact) mass is 152 g/mol. The minimum atomic E-state index is -4.17. The van der Waals surface area contributed by atoms with Crippen LogP contribution in [0.1, 0.15) is 0 Å². The molecular weight excluding hydrogens is 150 g/mol. The van der Waals surface area contributed by atoms with Gasteiger partial charge in [-0.25, -0.2) is 4.57 Å². The number of rotatable bonds is 0. The van der Waals surface area contributed by atoms with Crippen LogP contribution in [0, 0.1) is 0 Å². The summed E-state index contributed by atoms with van der Waals surface area (Å²) in [5.74, 6) is 0. The van der Waals surface area contributed by atoms with Gasteiger partial charge < -0.3 is 9.79 Å². The molecule has 0 aromatic rings. The maximum Gasteiger partial charge on any atom is 0.419 e. The summed E-state index contributed by atoms with van der Waals surface area (Å²) in [6.45, 7) is -4.17. The van der Waals surface area contributed by atoms with Gasteiger partial charge in [-0.15, -0.1) is 12.4 Å². The van der Waals surface area contributed by atoms with E-state index in [1.807, 2.05) is 0 Å². The molecule has 0 amide bonds. The molecule has 6 heteroatoms. The molecule has 0 atom stereocenters. The highest BCUT2D eigenvalue weighted by Crippen LogP contribution is 2.39. The molecular formula is H3Cl2O3P. The van der Waals surface area contributed by atoms with Crippen molar-refractivity contribution in [2.24, 2.45) is 0 Å². The molecule has 0 rings (SSSR count). The van der Waals surface area contributed by atoms with Gasteiger partial charge in [0, 0.05) is 11.2 Å². The third-order valence-corrected chi connectivity index (χ3v) is 0. The van der Waals surface area contributed by atoms with Gasteiger partial charge in [0.1, 0.15) is 0 Å². The van der Waals surface area contributed by atoms with Crippen molar-refractivity contribution in [3.8, 4) is 0 Å². The van der Waals surface area contributed by atoms with Crippen molar-refractivity contribution in [2.45, 2.75) is 0 Å². The highest BCUT2D eigenvalue weighted by atomic mass is 35.7. The Morgan fingerprint density at radius 3 is 1.50 bits per heavy atom. The van der Waals surface area contributed by atoms with E-state index >= 15 is 0 Å². The van der Waals surface area contributed by atoms with Gasteiger partial charge >= 0.3 is 6.95 Å². The summed E-state index contributed by atoms with van der Waals surface area (Å²) in [4.78, 5) is 14.8. The van der Waals surface area contributed by atoms with Crippen molar-refractivity contribution < 1.29 is 14.4 Å². The Labute approximate surface area is 45.7 Å². The molecule has 0 unspecified atom stereocenters. The zero-order chi connectivity index (χ0) is 4.50. The van der Waals surface area contributed by atoms with Crippen molar-refractivity contribution >= 4 is 30.6 Å². The second-order valence-corrected chi connectivity index (χ2v) is 2.74. The van der Waals surface area contributed by atoms with Crippen LogP contribution in [0.2, 0.25) is 0 Å². The van der Waals surface area contributed by atoms with Gasteiger partial charge in [0.15, 0.2) is 0 Å². The van der Waals surface area contributed by atoms with Gasteiger partial charge in [-0.05, 0) is 0 Å². The Balaban J connectivity index is 0. The molecule has 0 aliphatic heterocycles. The van der Waals surface area contributed by atoms with Crippen molar-refractivity contribution in [1.29, 1.82) is 0 Å². The summed E-state index contributed by atoms with van der Waals surface area (Å²) in [5, 5.41) is 0. The summed E-state index contributed by atoms with van der Waals surface area (Å²) in [7, 11) is 0. The zero-order valence-electron chi connectivity index (χ0n) is 2.54. The standard InChI is InChI=1S/ClH2O3P.ClH/c1-5(2,3)4;/h(H2,2,3,4);1H. The van der Waals surface area contributed by atoms with Crippen LogP contribution in [0.5, 0.6) is 0 Å². The van der Waals surface area contributed by atoms with Crippen LogP contribution in [-0.4, -0.2) is 9.79 Å². The summed E-state index contributed by atoms with van der Waals surface area (Å²) in [6, 6.07) is 0. The lowest BCUT2D eigenvalue weighted by Crippen LogP contribution is -1.54. The quantitative estimate of drug-likeness (QED) is 0.504. The van der Waals surface area contributed by atoms with E-state index < -0.39 is 6.95 Å². The maximum atomic E-state index is 9.09. The van der Waals surface area contributed by atoms with E-state index in [4.69, 9.17) is 14.4 Å². The van der Waals surface area contributed by atoms with Crippen molar-refractivity contribution in [1.82, 2.24) is 0 Å². The molecule has 0 radical (unpaired) electrons. The average Bonchev–Trinajstić information content (AvgIpc) is 0.722.